The van der Waals surface area contributed by atoms with Crippen LogP contribution < -0.4 is 20.9 Å². The molecular weight excluding hydrogens is 421 g/mol. The number of amides is 1. The number of hydrogen-bond acceptors (Lipinski definition) is 6. The van der Waals surface area contributed by atoms with E-state index < -0.39 is 5.91 Å². The maximum absolute atomic E-state index is 12.7. The highest BCUT2D eigenvalue weighted by Gasteiger charge is 2.16. The third kappa shape index (κ3) is 3.59. The Balaban J connectivity index is 1.96. The molecule has 0 radical (unpaired) electrons. The number of nitrogens with one attached hydrogen (secondary N) is 1. The summed E-state index contributed by atoms with van der Waals surface area (Å²) in [5.41, 5.74) is 0.458. The van der Waals surface area contributed by atoms with E-state index in [9.17, 15) is 9.59 Å². The summed E-state index contributed by atoms with van der Waals surface area (Å²) < 4.78 is 7.23. The number of carbonyl (C=O) groups is 1. The summed E-state index contributed by atoms with van der Waals surface area (Å²) in [5.74, 6) is -0.0390. The number of nitrogens with zero attached hydrogens (tertiary/aromatic N) is 4. The van der Waals surface area contributed by atoms with Crippen LogP contribution in [0.15, 0.2) is 33.8 Å². The highest BCUT2D eigenvalue weighted by atomic mass is 79.9. The van der Waals surface area contributed by atoms with Crippen LogP contribution in [0, 0.1) is 6.92 Å². The summed E-state index contributed by atoms with van der Waals surface area (Å²) in [7, 11) is 3.92. The smallest absolute Gasteiger partial charge is 0.275 e. The zero-order valence-electron chi connectivity index (χ0n) is 14.0. The van der Waals surface area contributed by atoms with Gasteiger partial charge in [-0.2, -0.15) is 0 Å². The Hall–Kier alpha value is -2.38. The van der Waals surface area contributed by atoms with Crippen molar-refractivity contribution < 1.29 is 9.53 Å². The molecule has 2 heterocycles. The molecule has 0 fully saturated rings. The molecule has 10 heteroatoms. The summed E-state index contributed by atoms with van der Waals surface area (Å²) in [4.78, 5) is 32.9. The first kappa shape index (κ1) is 18.4. The van der Waals surface area contributed by atoms with E-state index in [1.54, 1.807) is 24.5 Å². The third-order valence-corrected chi connectivity index (χ3v) is 4.86. The van der Waals surface area contributed by atoms with E-state index in [1.165, 1.54) is 7.11 Å². The second-order valence-electron chi connectivity index (χ2n) is 5.46. The molecule has 8 nitrogen and oxygen atoms in total. The predicted molar refractivity (Wildman–Crippen MR) is 105 cm³/mol. The van der Waals surface area contributed by atoms with Crippen molar-refractivity contribution in [2.75, 3.05) is 12.4 Å². The lowest BCUT2D eigenvalue weighted by atomic mass is 10.1. The van der Waals surface area contributed by atoms with E-state index >= 15 is 0 Å². The molecule has 0 bridgehead atoms. The molecular formula is C16H15BrN5O3P. The van der Waals surface area contributed by atoms with Gasteiger partial charge < -0.3 is 4.74 Å². The van der Waals surface area contributed by atoms with Crippen molar-refractivity contribution in [3.63, 3.8) is 0 Å². The van der Waals surface area contributed by atoms with Crippen LogP contribution >= 0.6 is 25.2 Å². The fourth-order valence-corrected chi connectivity index (χ4v) is 2.92. The Morgan fingerprint density at radius 3 is 2.69 bits per heavy atom. The Kier molecular flexibility index (Phi) is 5.29. The number of benzene rings is 1. The van der Waals surface area contributed by atoms with Gasteiger partial charge >= 0.3 is 0 Å². The quantitative estimate of drug-likeness (QED) is 0.621. The van der Waals surface area contributed by atoms with Crippen molar-refractivity contribution >= 4 is 53.1 Å². The minimum atomic E-state index is -0.466. The summed E-state index contributed by atoms with van der Waals surface area (Å²) in [6.45, 7) is 1.58. The lowest BCUT2D eigenvalue weighted by Crippen LogP contribution is -2.30. The van der Waals surface area contributed by atoms with Gasteiger partial charge in [-0.05, 0) is 24.6 Å². The largest absolute Gasteiger partial charge is 0.480 e. The summed E-state index contributed by atoms with van der Waals surface area (Å²) in [5, 5.41) is 8.54. The number of ether oxygens (including phenoxy) is 1. The molecule has 3 rings (SSSR count). The Labute approximate surface area is 159 Å². The first-order valence-corrected chi connectivity index (χ1v) is 8.89. The second kappa shape index (κ2) is 7.47. The molecule has 3 aromatic rings. The fraction of sp³-hybridized carbons (Fsp3) is 0.188. The van der Waals surface area contributed by atoms with E-state index in [0.29, 0.717) is 10.8 Å². The standard InChI is InChI=1S/C16H15BrN5O3P/c1-8-11(17)4-3-10-13(8)14(25-2)21-22(15(10)24)7-12(23)20-16-18-5-9(26)6-19-16/h3-6H,7,26H2,1-2H3,(H,18,19,20,23). The highest BCUT2D eigenvalue weighted by molar-refractivity contribution is 9.10. The van der Waals surface area contributed by atoms with Crippen LogP contribution in [0.25, 0.3) is 10.8 Å². The van der Waals surface area contributed by atoms with Crippen molar-refractivity contribution in [2.45, 2.75) is 13.5 Å². The van der Waals surface area contributed by atoms with E-state index in [1.807, 2.05) is 6.92 Å². The molecule has 0 saturated heterocycles. The van der Waals surface area contributed by atoms with Gasteiger partial charge in [-0.1, -0.05) is 15.9 Å². The number of aryl methyl sites for hydroxylation is 1. The van der Waals surface area contributed by atoms with Crippen molar-refractivity contribution in [1.29, 1.82) is 0 Å². The number of hydrogen-bond donors (Lipinski definition) is 1. The van der Waals surface area contributed by atoms with E-state index in [-0.39, 0.29) is 23.9 Å². The van der Waals surface area contributed by atoms with Crippen LogP contribution in [0.3, 0.4) is 0 Å². The lowest BCUT2D eigenvalue weighted by molar-refractivity contribution is -0.117. The van der Waals surface area contributed by atoms with E-state index in [4.69, 9.17) is 4.74 Å². The summed E-state index contributed by atoms with van der Waals surface area (Å²) in [6.07, 6.45) is 3.11. The fourth-order valence-electron chi connectivity index (χ4n) is 2.44. The van der Waals surface area contributed by atoms with Gasteiger partial charge in [0.15, 0.2) is 0 Å². The van der Waals surface area contributed by atoms with Crippen LogP contribution in [0.5, 0.6) is 5.88 Å². The summed E-state index contributed by atoms with van der Waals surface area (Å²) in [6, 6.07) is 3.45. The van der Waals surface area contributed by atoms with Gasteiger partial charge in [-0.15, -0.1) is 14.3 Å². The van der Waals surface area contributed by atoms with E-state index in [2.05, 4.69) is 45.6 Å². The van der Waals surface area contributed by atoms with Crippen LogP contribution in [0.4, 0.5) is 5.95 Å². The molecule has 1 N–H and O–H groups in total. The predicted octanol–water partition coefficient (Wildman–Crippen LogP) is 1.41. The molecule has 0 saturated carbocycles. The molecule has 134 valence electrons. The SMILES string of the molecule is COc1nn(CC(=O)Nc2ncc(P)cn2)c(=O)c2ccc(Br)c(C)c12. The molecule has 1 unspecified atom stereocenters. The molecule has 1 aromatic carbocycles. The molecule has 1 amide bonds. The molecule has 2 aromatic heterocycles. The van der Waals surface area contributed by atoms with Gasteiger partial charge in [0.2, 0.25) is 17.7 Å². The molecule has 0 spiro atoms. The van der Waals surface area contributed by atoms with Crippen molar-refractivity contribution in [1.82, 2.24) is 19.7 Å². The van der Waals surface area contributed by atoms with Gasteiger partial charge in [0, 0.05) is 22.2 Å². The number of fused-ring (bicyclic) bond motifs is 1. The van der Waals surface area contributed by atoms with Gasteiger partial charge in [-0.25, -0.2) is 14.6 Å². The van der Waals surface area contributed by atoms with Gasteiger partial charge in [-0.3, -0.25) is 14.9 Å². The first-order valence-electron chi connectivity index (χ1n) is 7.52. The highest BCUT2D eigenvalue weighted by Crippen LogP contribution is 2.29. The second-order valence-corrected chi connectivity index (χ2v) is 6.98. The van der Waals surface area contributed by atoms with Crippen LogP contribution in [0.2, 0.25) is 0 Å². The zero-order valence-corrected chi connectivity index (χ0v) is 16.7. The topological polar surface area (TPSA) is 99.0 Å². The normalized spacial score (nSPS) is 10.8. The number of aromatic nitrogens is 4. The average Bonchev–Trinajstić information content (AvgIpc) is 2.62. The lowest BCUT2D eigenvalue weighted by Gasteiger charge is -2.12. The third-order valence-electron chi connectivity index (χ3n) is 3.70. The number of methoxy groups -OCH3 is 1. The molecule has 0 aliphatic carbocycles. The van der Waals surface area contributed by atoms with E-state index in [0.717, 1.165) is 20.0 Å². The molecule has 26 heavy (non-hydrogen) atoms. The zero-order chi connectivity index (χ0) is 18.8. The van der Waals surface area contributed by atoms with Crippen LogP contribution in [-0.4, -0.2) is 32.8 Å². The Morgan fingerprint density at radius 1 is 1.35 bits per heavy atom. The van der Waals surface area contributed by atoms with Gasteiger partial charge in [0.25, 0.3) is 5.56 Å². The van der Waals surface area contributed by atoms with Crippen molar-refractivity contribution in [2.24, 2.45) is 0 Å². The van der Waals surface area contributed by atoms with Gasteiger partial charge in [0.05, 0.1) is 17.9 Å². The maximum atomic E-state index is 12.7. The average molecular weight is 436 g/mol. The number of rotatable bonds is 4. The number of carbonyl (C=O) groups excluding carboxylic acids is 1. The molecule has 1 atom stereocenters. The number of anilines is 1. The molecule has 0 aliphatic heterocycles. The number of halogens is 1. The molecule has 0 aliphatic rings. The van der Waals surface area contributed by atoms with Crippen molar-refractivity contribution in [3.8, 4) is 5.88 Å². The summed E-state index contributed by atoms with van der Waals surface area (Å²) >= 11 is 3.43. The Morgan fingerprint density at radius 2 is 2.04 bits per heavy atom. The van der Waals surface area contributed by atoms with Gasteiger partial charge in [0.1, 0.15) is 6.54 Å². The minimum absolute atomic E-state index is 0.154. The first-order chi connectivity index (χ1) is 12.4. The van der Waals surface area contributed by atoms with Crippen LogP contribution in [-0.2, 0) is 11.3 Å². The monoisotopic (exact) mass is 435 g/mol. The Bertz CT molecular complexity index is 1050. The van der Waals surface area contributed by atoms with Crippen LogP contribution in [0.1, 0.15) is 5.56 Å². The minimum Gasteiger partial charge on any atom is -0.480 e. The maximum Gasteiger partial charge on any atom is 0.275 e. The van der Waals surface area contributed by atoms with Crippen molar-refractivity contribution in [3.05, 3.63) is 44.9 Å².